The molecule has 3 aromatic rings. The summed E-state index contributed by atoms with van der Waals surface area (Å²) in [5.41, 5.74) is 3.99. The number of aliphatic hydroxyl groups is 1. The van der Waals surface area contributed by atoms with Crippen molar-refractivity contribution >= 4 is 0 Å². The highest BCUT2D eigenvalue weighted by Gasteiger charge is 2.23. The average molecular weight is 337 g/mol. The van der Waals surface area contributed by atoms with Crippen LogP contribution < -0.4 is 0 Å². The molecule has 0 fully saturated rings. The third-order valence-corrected chi connectivity index (χ3v) is 4.87. The first-order valence-electron chi connectivity index (χ1n) is 8.69. The quantitative estimate of drug-likeness (QED) is 0.771. The van der Waals surface area contributed by atoms with Crippen LogP contribution in [0.5, 0.6) is 0 Å². The number of benzene rings is 1. The van der Waals surface area contributed by atoms with E-state index in [1.165, 1.54) is 5.56 Å². The lowest BCUT2D eigenvalue weighted by atomic mass is 10.1. The molecule has 0 saturated carbocycles. The van der Waals surface area contributed by atoms with Crippen molar-refractivity contribution in [2.24, 2.45) is 7.05 Å². The Morgan fingerprint density at radius 1 is 1.16 bits per heavy atom. The number of fused-ring (bicyclic) bond motifs is 1. The van der Waals surface area contributed by atoms with Crippen molar-refractivity contribution in [2.75, 3.05) is 13.1 Å². The largest absolute Gasteiger partial charge is 0.380 e. The molecule has 0 radical (unpaired) electrons. The first-order valence-corrected chi connectivity index (χ1v) is 8.69. The molecule has 1 aliphatic heterocycles. The van der Waals surface area contributed by atoms with Crippen LogP contribution in [0.15, 0.2) is 48.7 Å². The Morgan fingerprint density at radius 3 is 2.76 bits per heavy atom. The molecule has 130 valence electrons. The van der Waals surface area contributed by atoms with Crippen molar-refractivity contribution in [3.8, 4) is 0 Å². The molecule has 0 amide bonds. The van der Waals surface area contributed by atoms with Gasteiger partial charge in [0.15, 0.2) is 0 Å². The lowest BCUT2D eigenvalue weighted by molar-refractivity contribution is 0.199. The lowest BCUT2D eigenvalue weighted by Crippen LogP contribution is -2.35. The van der Waals surface area contributed by atoms with E-state index in [1.807, 2.05) is 23.9 Å². The van der Waals surface area contributed by atoms with Gasteiger partial charge in [-0.1, -0.05) is 30.3 Å². The molecule has 0 aliphatic carbocycles. The molecule has 2 aromatic heterocycles. The highest BCUT2D eigenvalue weighted by atomic mass is 16.3. The van der Waals surface area contributed by atoms with E-state index in [0.29, 0.717) is 5.69 Å². The minimum atomic E-state index is -0.733. The van der Waals surface area contributed by atoms with Crippen molar-refractivity contribution in [1.29, 1.82) is 0 Å². The molecule has 6 nitrogen and oxygen atoms in total. The van der Waals surface area contributed by atoms with Crippen LogP contribution in [0.3, 0.4) is 0 Å². The number of hydrogen-bond acceptors (Lipinski definition) is 4. The number of aryl methyl sites for hydroxylation is 1. The van der Waals surface area contributed by atoms with Gasteiger partial charge in [0.25, 0.3) is 0 Å². The number of rotatable bonds is 5. The zero-order valence-corrected chi connectivity index (χ0v) is 14.4. The molecule has 3 heterocycles. The molecule has 25 heavy (non-hydrogen) atoms. The fourth-order valence-electron chi connectivity index (χ4n) is 3.40. The smallest absolute Gasteiger partial charge is 0.139 e. The molecule has 1 N–H and O–H groups in total. The van der Waals surface area contributed by atoms with Crippen LogP contribution >= 0.6 is 0 Å². The van der Waals surface area contributed by atoms with Crippen LogP contribution in [-0.2, 0) is 26.6 Å². The van der Waals surface area contributed by atoms with Crippen LogP contribution in [0.1, 0.15) is 28.7 Å². The first kappa shape index (κ1) is 16.1. The maximum Gasteiger partial charge on any atom is 0.139 e. The maximum absolute atomic E-state index is 10.6. The Bertz CT molecular complexity index is 839. The topological polar surface area (TPSA) is 59.1 Å². The molecule has 1 unspecified atom stereocenters. The number of aromatic nitrogens is 4. The van der Waals surface area contributed by atoms with Crippen LogP contribution in [-0.4, -0.2) is 42.7 Å². The second-order valence-electron chi connectivity index (χ2n) is 6.58. The van der Waals surface area contributed by atoms with E-state index in [0.717, 1.165) is 44.0 Å². The first-order chi connectivity index (χ1) is 12.2. The summed E-state index contributed by atoms with van der Waals surface area (Å²) in [5, 5.41) is 19.3. The van der Waals surface area contributed by atoms with Gasteiger partial charge in [0.1, 0.15) is 6.10 Å². The summed E-state index contributed by atoms with van der Waals surface area (Å²) in [6, 6.07) is 14.4. The molecule has 1 aromatic carbocycles. The summed E-state index contributed by atoms with van der Waals surface area (Å²) >= 11 is 0. The van der Waals surface area contributed by atoms with Crippen LogP contribution in [0.25, 0.3) is 0 Å². The minimum Gasteiger partial charge on any atom is -0.380 e. The molecule has 4 rings (SSSR count). The standard InChI is InChI=1S/C19H23N5O/c1-22-18(7-9-20-22)19(25)17-13-16-14-23(11-12-24(16)21-17)10-8-15-5-3-2-4-6-15/h2-7,9,13,19,25H,8,10-12,14H2,1H3. The second-order valence-corrected chi connectivity index (χ2v) is 6.58. The Labute approximate surface area is 147 Å². The average Bonchev–Trinajstić information content (AvgIpc) is 3.26. The molecule has 1 aliphatic rings. The minimum absolute atomic E-state index is 0.698. The summed E-state index contributed by atoms with van der Waals surface area (Å²) in [7, 11) is 1.83. The SMILES string of the molecule is Cn1nccc1C(O)c1cc2n(n1)CCN(CCc1ccccc1)C2. The highest BCUT2D eigenvalue weighted by molar-refractivity contribution is 5.22. The zero-order valence-electron chi connectivity index (χ0n) is 14.4. The predicted molar refractivity (Wildman–Crippen MR) is 94.9 cm³/mol. The van der Waals surface area contributed by atoms with Gasteiger partial charge >= 0.3 is 0 Å². The van der Waals surface area contributed by atoms with Gasteiger partial charge in [0.2, 0.25) is 0 Å². The van der Waals surface area contributed by atoms with Crippen molar-refractivity contribution < 1.29 is 5.11 Å². The van der Waals surface area contributed by atoms with E-state index in [-0.39, 0.29) is 0 Å². The van der Waals surface area contributed by atoms with E-state index < -0.39 is 6.10 Å². The molecule has 1 atom stereocenters. The van der Waals surface area contributed by atoms with Crippen LogP contribution in [0.2, 0.25) is 0 Å². The molecule has 0 saturated heterocycles. The molecule has 0 bridgehead atoms. The van der Waals surface area contributed by atoms with Gasteiger partial charge in [-0.15, -0.1) is 0 Å². The van der Waals surface area contributed by atoms with Crippen molar-refractivity contribution in [3.05, 3.63) is 71.3 Å². The second kappa shape index (κ2) is 6.82. The van der Waals surface area contributed by atoms with Crippen molar-refractivity contribution in [3.63, 3.8) is 0 Å². The lowest BCUT2D eigenvalue weighted by Gasteiger charge is -2.27. The van der Waals surface area contributed by atoms with E-state index >= 15 is 0 Å². The molecular formula is C19H23N5O. The summed E-state index contributed by atoms with van der Waals surface area (Å²) in [6.45, 7) is 3.76. The summed E-state index contributed by atoms with van der Waals surface area (Å²) in [4.78, 5) is 2.45. The van der Waals surface area contributed by atoms with Gasteiger partial charge < -0.3 is 5.11 Å². The third kappa shape index (κ3) is 3.36. The van der Waals surface area contributed by atoms with Crippen molar-refractivity contribution in [1.82, 2.24) is 24.5 Å². The number of nitrogens with zero attached hydrogens (tertiary/aromatic N) is 5. The fourth-order valence-corrected chi connectivity index (χ4v) is 3.40. The normalized spacial score (nSPS) is 15.9. The Balaban J connectivity index is 1.43. The van der Waals surface area contributed by atoms with Gasteiger partial charge in [-0.2, -0.15) is 10.2 Å². The van der Waals surface area contributed by atoms with E-state index in [1.54, 1.807) is 10.9 Å². The van der Waals surface area contributed by atoms with Gasteiger partial charge in [0, 0.05) is 32.9 Å². The summed E-state index contributed by atoms with van der Waals surface area (Å²) in [6.07, 6.45) is 2.02. The summed E-state index contributed by atoms with van der Waals surface area (Å²) < 4.78 is 3.71. The van der Waals surface area contributed by atoms with E-state index in [4.69, 9.17) is 0 Å². The van der Waals surface area contributed by atoms with Gasteiger partial charge in [0.05, 0.1) is 23.6 Å². The zero-order chi connectivity index (χ0) is 17.2. The fraction of sp³-hybridized carbons (Fsp3) is 0.368. The van der Waals surface area contributed by atoms with E-state index in [2.05, 4.69) is 45.4 Å². The van der Waals surface area contributed by atoms with Crippen LogP contribution in [0.4, 0.5) is 0 Å². The highest BCUT2D eigenvalue weighted by Crippen LogP contribution is 2.23. The number of hydrogen-bond donors (Lipinski definition) is 1. The van der Waals surface area contributed by atoms with Gasteiger partial charge in [-0.3, -0.25) is 14.3 Å². The molecular weight excluding hydrogens is 314 g/mol. The Morgan fingerprint density at radius 2 is 2.00 bits per heavy atom. The predicted octanol–water partition coefficient (Wildman–Crippen LogP) is 1.76. The number of aliphatic hydroxyl groups excluding tert-OH is 1. The Kier molecular flexibility index (Phi) is 4.38. The van der Waals surface area contributed by atoms with Gasteiger partial charge in [-0.25, -0.2) is 0 Å². The van der Waals surface area contributed by atoms with Crippen molar-refractivity contribution in [2.45, 2.75) is 25.6 Å². The van der Waals surface area contributed by atoms with Crippen LogP contribution in [0, 0.1) is 0 Å². The maximum atomic E-state index is 10.6. The monoisotopic (exact) mass is 337 g/mol. The summed E-state index contributed by atoms with van der Waals surface area (Å²) in [5.74, 6) is 0. The van der Waals surface area contributed by atoms with E-state index in [9.17, 15) is 5.11 Å². The third-order valence-electron chi connectivity index (χ3n) is 4.87. The molecule has 6 heteroatoms. The Hall–Kier alpha value is -2.44. The molecule has 0 spiro atoms. The van der Waals surface area contributed by atoms with Gasteiger partial charge in [-0.05, 0) is 24.1 Å².